The van der Waals surface area contributed by atoms with Crippen LogP contribution in [0, 0.1) is 0 Å². The summed E-state index contributed by atoms with van der Waals surface area (Å²) in [5.74, 6) is -0.100. The zero-order valence-electron chi connectivity index (χ0n) is 16.8. The summed E-state index contributed by atoms with van der Waals surface area (Å²) < 4.78 is 7.23. The van der Waals surface area contributed by atoms with Crippen LogP contribution in [-0.4, -0.2) is 59.0 Å². The van der Waals surface area contributed by atoms with Crippen molar-refractivity contribution in [3.63, 3.8) is 0 Å². The largest absolute Gasteiger partial charge is 0.379 e. The fourth-order valence-electron chi connectivity index (χ4n) is 3.52. The molecule has 1 saturated heterocycles. The highest BCUT2D eigenvalue weighted by atomic mass is 32.1. The Morgan fingerprint density at radius 3 is 2.62 bits per heavy atom. The summed E-state index contributed by atoms with van der Waals surface area (Å²) in [7, 11) is 0. The number of para-hydroxylation sites is 1. The van der Waals surface area contributed by atoms with Crippen molar-refractivity contribution >= 4 is 17.2 Å². The standard InChI is InChI=1S/C22H26N4O2S/c1-22(2,25-10-12-28-13-11-25)16-23-21(27)18-15-26(17-7-4-3-5-8-17)24-20(18)19-9-6-14-29-19/h3-9,14-15H,10-13,16H2,1-2H3,(H,23,27). The number of nitrogens with zero attached hydrogens (tertiary/aromatic N) is 3. The van der Waals surface area contributed by atoms with Crippen molar-refractivity contribution in [3.8, 4) is 16.3 Å². The molecule has 1 aliphatic rings. The van der Waals surface area contributed by atoms with Crippen LogP contribution in [0.15, 0.2) is 54.0 Å². The monoisotopic (exact) mass is 410 g/mol. The van der Waals surface area contributed by atoms with Gasteiger partial charge in [-0.2, -0.15) is 5.10 Å². The summed E-state index contributed by atoms with van der Waals surface area (Å²) in [6.07, 6.45) is 1.82. The molecule has 1 amide bonds. The molecule has 0 bridgehead atoms. The van der Waals surface area contributed by atoms with Gasteiger partial charge in [0.25, 0.3) is 5.91 Å². The van der Waals surface area contributed by atoms with Gasteiger partial charge in [-0.1, -0.05) is 24.3 Å². The molecule has 2 aromatic heterocycles. The van der Waals surface area contributed by atoms with Crippen molar-refractivity contribution in [1.29, 1.82) is 0 Å². The van der Waals surface area contributed by atoms with Gasteiger partial charge in [0.15, 0.2) is 0 Å². The number of nitrogens with one attached hydrogen (secondary N) is 1. The van der Waals surface area contributed by atoms with E-state index in [9.17, 15) is 4.79 Å². The van der Waals surface area contributed by atoms with E-state index in [0.717, 1.165) is 36.9 Å². The average molecular weight is 411 g/mol. The topological polar surface area (TPSA) is 59.4 Å². The molecule has 152 valence electrons. The Morgan fingerprint density at radius 1 is 1.17 bits per heavy atom. The summed E-state index contributed by atoms with van der Waals surface area (Å²) in [6.45, 7) is 8.13. The first-order valence-electron chi connectivity index (χ1n) is 9.84. The molecule has 3 aromatic rings. The first kappa shape index (κ1) is 19.8. The molecule has 0 atom stereocenters. The quantitative estimate of drug-likeness (QED) is 0.676. The van der Waals surface area contributed by atoms with Gasteiger partial charge in [0.2, 0.25) is 0 Å². The first-order valence-corrected chi connectivity index (χ1v) is 10.7. The Kier molecular flexibility index (Phi) is 5.80. The number of carbonyl (C=O) groups is 1. The molecule has 1 fully saturated rings. The van der Waals surface area contributed by atoms with Crippen LogP contribution in [0.2, 0.25) is 0 Å². The molecule has 0 unspecified atom stereocenters. The lowest BCUT2D eigenvalue weighted by Crippen LogP contribution is -2.55. The molecule has 29 heavy (non-hydrogen) atoms. The Labute approximate surface area is 175 Å². The molecular formula is C22H26N4O2S. The van der Waals surface area contributed by atoms with Crippen molar-refractivity contribution in [2.75, 3.05) is 32.8 Å². The van der Waals surface area contributed by atoms with Crippen molar-refractivity contribution in [2.45, 2.75) is 19.4 Å². The summed E-state index contributed by atoms with van der Waals surface area (Å²) in [5, 5.41) is 9.85. The Hall–Kier alpha value is -2.48. The second kappa shape index (κ2) is 8.49. The summed E-state index contributed by atoms with van der Waals surface area (Å²) in [4.78, 5) is 16.5. The van der Waals surface area contributed by atoms with Crippen LogP contribution < -0.4 is 5.32 Å². The van der Waals surface area contributed by atoms with E-state index in [0.29, 0.717) is 17.8 Å². The Balaban J connectivity index is 1.56. The second-order valence-electron chi connectivity index (χ2n) is 7.74. The third kappa shape index (κ3) is 4.42. The van der Waals surface area contributed by atoms with Crippen LogP contribution in [-0.2, 0) is 4.74 Å². The maximum atomic E-state index is 13.1. The first-order chi connectivity index (χ1) is 14.0. The lowest BCUT2D eigenvalue weighted by molar-refractivity contribution is -0.00923. The molecule has 0 saturated carbocycles. The van der Waals surface area contributed by atoms with Crippen molar-refractivity contribution < 1.29 is 9.53 Å². The number of benzene rings is 1. The third-order valence-electron chi connectivity index (χ3n) is 5.28. The molecule has 0 radical (unpaired) electrons. The number of amides is 1. The van der Waals surface area contributed by atoms with Crippen LogP contribution in [0.5, 0.6) is 0 Å². The van der Waals surface area contributed by atoms with Gasteiger partial charge in [0, 0.05) is 31.4 Å². The van der Waals surface area contributed by atoms with Gasteiger partial charge >= 0.3 is 0 Å². The SMILES string of the molecule is CC(C)(CNC(=O)c1cn(-c2ccccc2)nc1-c1cccs1)N1CCOCC1. The Bertz CT molecular complexity index is 945. The van der Waals surface area contributed by atoms with E-state index in [1.165, 1.54) is 0 Å². The number of hydrogen-bond acceptors (Lipinski definition) is 5. The van der Waals surface area contributed by atoms with Crippen molar-refractivity contribution in [2.24, 2.45) is 0 Å². The minimum absolute atomic E-state index is 0.100. The van der Waals surface area contributed by atoms with Gasteiger partial charge in [0.1, 0.15) is 5.69 Å². The van der Waals surface area contributed by atoms with E-state index in [4.69, 9.17) is 9.84 Å². The summed E-state index contributed by atoms with van der Waals surface area (Å²) in [5.41, 5.74) is 2.09. The maximum Gasteiger partial charge on any atom is 0.255 e. The van der Waals surface area contributed by atoms with E-state index in [2.05, 4.69) is 24.1 Å². The zero-order valence-corrected chi connectivity index (χ0v) is 17.6. The van der Waals surface area contributed by atoms with Gasteiger partial charge in [-0.15, -0.1) is 11.3 Å². The molecule has 6 nitrogen and oxygen atoms in total. The van der Waals surface area contributed by atoms with Crippen LogP contribution in [0.4, 0.5) is 0 Å². The fourth-order valence-corrected chi connectivity index (χ4v) is 4.24. The van der Waals surface area contributed by atoms with Crippen LogP contribution in [0.25, 0.3) is 16.3 Å². The predicted molar refractivity (Wildman–Crippen MR) is 116 cm³/mol. The van der Waals surface area contributed by atoms with Crippen molar-refractivity contribution in [1.82, 2.24) is 20.0 Å². The maximum absolute atomic E-state index is 13.1. The molecule has 7 heteroatoms. The van der Waals surface area contributed by atoms with Gasteiger partial charge in [-0.3, -0.25) is 9.69 Å². The van der Waals surface area contributed by atoms with Crippen molar-refractivity contribution in [3.05, 3.63) is 59.6 Å². The highest BCUT2D eigenvalue weighted by molar-refractivity contribution is 7.13. The second-order valence-corrected chi connectivity index (χ2v) is 8.69. The summed E-state index contributed by atoms with van der Waals surface area (Å²) in [6, 6.07) is 13.8. The van der Waals surface area contributed by atoms with Gasteiger partial charge in [0.05, 0.1) is 29.3 Å². The summed E-state index contributed by atoms with van der Waals surface area (Å²) >= 11 is 1.58. The zero-order chi connectivity index (χ0) is 20.3. The van der Waals surface area contributed by atoms with E-state index < -0.39 is 0 Å². The molecule has 1 N–H and O–H groups in total. The van der Waals surface area contributed by atoms with E-state index in [-0.39, 0.29) is 11.4 Å². The normalized spacial score (nSPS) is 15.4. The number of hydrogen-bond donors (Lipinski definition) is 1. The van der Waals surface area contributed by atoms with E-state index >= 15 is 0 Å². The number of aromatic nitrogens is 2. The highest BCUT2D eigenvalue weighted by Gasteiger charge is 2.29. The smallest absolute Gasteiger partial charge is 0.255 e. The van der Waals surface area contributed by atoms with Gasteiger partial charge in [-0.25, -0.2) is 4.68 Å². The van der Waals surface area contributed by atoms with Gasteiger partial charge < -0.3 is 10.1 Å². The number of carbonyl (C=O) groups excluding carboxylic acids is 1. The van der Waals surface area contributed by atoms with Crippen LogP contribution in [0.3, 0.4) is 0 Å². The van der Waals surface area contributed by atoms with Crippen LogP contribution in [0.1, 0.15) is 24.2 Å². The number of ether oxygens (including phenoxy) is 1. The molecular weight excluding hydrogens is 384 g/mol. The predicted octanol–water partition coefficient (Wildman–Crippen LogP) is 3.44. The van der Waals surface area contributed by atoms with Crippen LogP contribution >= 0.6 is 11.3 Å². The molecule has 1 aliphatic heterocycles. The third-order valence-corrected chi connectivity index (χ3v) is 6.16. The highest BCUT2D eigenvalue weighted by Crippen LogP contribution is 2.28. The van der Waals surface area contributed by atoms with E-state index in [1.54, 1.807) is 16.0 Å². The number of thiophene rings is 1. The average Bonchev–Trinajstić information content (AvgIpc) is 3.43. The minimum Gasteiger partial charge on any atom is -0.379 e. The lowest BCUT2D eigenvalue weighted by Gasteiger charge is -2.40. The van der Waals surface area contributed by atoms with E-state index in [1.807, 2.05) is 54.0 Å². The molecule has 0 aliphatic carbocycles. The van der Waals surface area contributed by atoms with Gasteiger partial charge in [-0.05, 0) is 37.4 Å². The molecule has 3 heterocycles. The molecule has 0 spiro atoms. The Morgan fingerprint density at radius 2 is 1.93 bits per heavy atom. The fraction of sp³-hybridized carbons (Fsp3) is 0.364. The molecule has 1 aromatic carbocycles. The lowest BCUT2D eigenvalue weighted by atomic mass is 10.0. The minimum atomic E-state index is -0.141. The number of rotatable bonds is 6. The molecule has 4 rings (SSSR count). The number of morpholine rings is 1.